The van der Waals surface area contributed by atoms with Gasteiger partial charge in [-0.25, -0.2) is 13.4 Å². The van der Waals surface area contributed by atoms with Crippen LogP contribution < -0.4 is 10.1 Å². The van der Waals surface area contributed by atoms with Crippen molar-refractivity contribution in [2.75, 3.05) is 6.54 Å². The number of rotatable bonds is 12. The zero-order valence-electron chi connectivity index (χ0n) is 23.3. The first-order valence-electron chi connectivity index (χ1n) is 13.9. The molecule has 3 aromatic carbocycles. The molecular formula is C32H31N3O7S. The highest BCUT2D eigenvalue weighted by molar-refractivity contribution is 7.90. The number of aromatic nitrogens is 2. The lowest BCUT2D eigenvalue weighted by Crippen LogP contribution is -2.26. The van der Waals surface area contributed by atoms with E-state index in [2.05, 4.69) is 10.3 Å². The maximum absolute atomic E-state index is 13.7. The molecule has 11 heteroatoms. The number of imidazole rings is 1. The molecule has 2 N–H and O–H groups in total. The predicted molar refractivity (Wildman–Crippen MR) is 158 cm³/mol. The number of carbonyl (C=O) groups excluding carboxylic acids is 2. The van der Waals surface area contributed by atoms with Crippen LogP contribution in [0.3, 0.4) is 0 Å². The van der Waals surface area contributed by atoms with Crippen molar-refractivity contribution >= 4 is 27.5 Å². The molecule has 5 rings (SSSR count). The van der Waals surface area contributed by atoms with E-state index in [1.54, 1.807) is 24.7 Å². The van der Waals surface area contributed by atoms with E-state index in [1.807, 2.05) is 41.1 Å². The molecule has 1 atom stereocenters. The molecule has 0 aliphatic heterocycles. The van der Waals surface area contributed by atoms with Gasteiger partial charge >= 0.3 is 5.97 Å². The van der Waals surface area contributed by atoms with Gasteiger partial charge in [-0.2, -0.15) is 0 Å². The number of carboxylic acids is 1. The quantitative estimate of drug-likeness (QED) is 0.243. The number of Topliss-reactive ketones (excluding diaryl/α,β-unsaturated/α-hetero) is 1. The number of nitrogens with one attached hydrogen (secondary N) is 1. The third-order valence-corrected chi connectivity index (χ3v) is 8.99. The van der Waals surface area contributed by atoms with Crippen molar-refractivity contribution in [2.24, 2.45) is 0 Å². The second-order valence-corrected chi connectivity index (χ2v) is 12.3. The number of hydrogen-bond acceptors (Lipinski definition) is 7. The van der Waals surface area contributed by atoms with Crippen LogP contribution in [0.2, 0.25) is 0 Å². The second-order valence-electron chi connectivity index (χ2n) is 10.3. The summed E-state index contributed by atoms with van der Waals surface area (Å²) >= 11 is 0. The normalized spacial score (nSPS) is 13.6. The van der Waals surface area contributed by atoms with Crippen molar-refractivity contribution in [3.63, 3.8) is 0 Å². The van der Waals surface area contributed by atoms with Gasteiger partial charge in [-0.05, 0) is 60.4 Å². The molecule has 0 spiro atoms. The Hall–Kier alpha value is -4.77. The summed E-state index contributed by atoms with van der Waals surface area (Å²) < 4.78 is 35.9. The Morgan fingerprint density at radius 2 is 1.79 bits per heavy atom. The predicted octanol–water partition coefficient (Wildman–Crippen LogP) is 4.40. The van der Waals surface area contributed by atoms with Gasteiger partial charge in [-0.15, -0.1) is 0 Å². The van der Waals surface area contributed by atoms with Gasteiger partial charge in [0, 0.05) is 42.0 Å². The van der Waals surface area contributed by atoms with Gasteiger partial charge in [-0.3, -0.25) is 14.4 Å². The lowest BCUT2D eigenvalue weighted by atomic mass is 9.87. The largest absolute Gasteiger partial charge is 0.484 e. The average molecular weight is 602 g/mol. The molecule has 0 saturated carbocycles. The summed E-state index contributed by atoms with van der Waals surface area (Å²) in [5.41, 5.74) is 2.76. The number of hydrogen-bond donors (Lipinski definition) is 2. The first-order chi connectivity index (χ1) is 20.7. The van der Waals surface area contributed by atoms with E-state index in [0.29, 0.717) is 48.2 Å². The van der Waals surface area contributed by atoms with Gasteiger partial charge in [0.15, 0.2) is 15.6 Å². The third kappa shape index (κ3) is 7.18. The molecule has 43 heavy (non-hydrogen) atoms. The fourth-order valence-corrected chi connectivity index (χ4v) is 6.55. The van der Waals surface area contributed by atoms with Gasteiger partial charge in [0.1, 0.15) is 11.9 Å². The van der Waals surface area contributed by atoms with E-state index < -0.39 is 33.6 Å². The molecule has 1 aliphatic rings. The maximum atomic E-state index is 13.7. The Kier molecular flexibility index (Phi) is 9.01. The molecule has 222 valence electrons. The van der Waals surface area contributed by atoms with E-state index in [4.69, 9.17) is 9.84 Å². The van der Waals surface area contributed by atoms with Crippen LogP contribution in [0.4, 0.5) is 0 Å². The van der Waals surface area contributed by atoms with E-state index in [9.17, 15) is 22.8 Å². The zero-order chi connectivity index (χ0) is 30.4. The van der Waals surface area contributed by atoms with Gasteiger partial charge in [-0.1, -0.05) is 30.3 Å². The molecule has 4 aromatic rings. The molecule has 1 heterocycles. The number of nitrogens with zero attached hydrogens (tertiary/aromatic N) is 2. The summed E-state index contributed by atoms with van der Waals surface area (Å²) in [5, 5.41) is 11.3. The lowest BCUT2D eigenvalue weighted by Gasteiger charge is -2.25. The highest BCUT2D eigenvalue weighted by atomic mass is 32.2. The Morgan fingerprint density at radius 3 is 2.49 bits per heavy atom. The minimum absolute atomic E-state index is 0.0123. The molecule has 1 unspecified atom stereocenters. The van der Waals surface area contributed by atoms with Crippen LogP contribution in [-0.2, 0) is 33.4 Å². The van der Waals surface area contributed by atoms with Crippen LogP contribution in [0.5, 0.6) is 5.75 Å². The molecule has 1 aromatic heterocycles. The van der Waals surface area contributed by atoms with Crippen LogP contribution >= 0.6 is 0 Å². The first kappa shape index (κ1) is 29.7. The molecule has 0 bridgehead atoms. The van der Waals surface area contributed by atoms with Crippen molar-refractivity contribution in [3.05, 3.63) is 113 Å². The van der Waals surface area contributed by atoms with Gasteiger partial charge in [0.2, 0.25) is 0 Å². The summed E-state index contributed by atoms with van der Waals surface area (Å²) in [6.45, 7) is 0.391. The van der Waals surface area contributed by atoms with Crippen LogP contribution in [0.15, 0.2) is 90.3 Å². The SMILES string of the molecule is O=C(O)CCNC(=O)c1ccc(S(=O)(=O)Cc2c(OC(Cn3ccnc3)c3ccccc3)ccc3c2CCCC3=O)cc1. The van der Waals surface area contributed by atoms with E-state index >= 15 is 0 Å². The molecule has 10 nitrogen and oxygen atoms in total. The number of fused-ring (bicyclic) bond motifs is 1. The van der Waals surface area contributed by atoms with E-state index in [1.165, 1.54) is 24.3 Å². The van der Waals surface area contributed by atoms with Crippen molar-refractivity contribution in [1.82, 2.24) is 14.9 Å². The van der Waals surface area contributed by atoms with Gasteiger partial charge in [0.05, 0.1) is 29.9 Å². The smallest absolute Gasteiger partial charge is 0.305 e. The number of aliphatic carboxylic acids is 1. The number of ether oxygens (including phenoxy) is 1. The van der Waals surface area contributed by atoms with Gasteiger partial charge < -0.3 is 19.7 Å². The average Bonchev–Trinajstić information content (AvgIpc) is 3.51. The van der Waals surface area contributed by atoms with Gasteiger partial charge in [0.25, 0.3) is 5.91 Å². The fourth-order valence-electron chi connectivity index (χ4n) is 5.14. The molecule has 0 saturated heterocycles. The summed E-state index contributed by atoms with van der Waals surface area (Å²) in [6, 6.07) is 18.5. The van der Waals surface area contributed by atoms with E-state index in [0.717, 1.165) is 5.56 Å². The highest BCUT2D eigenvalue weighted by Crippen LogP contribution is 2.36. The van der Waals surface area contributed by atoms with Crippen molar-refractivity contribution < 1.29 is 32.6 Å². The highest BCUT2D eigenvalue weighted by Gasteiger charge is 2.28. The minimum atomic E-state index is -3.92. The minimum Gasteiger partial charge on any atom is -0.484 e. The Balaban J connectivity index is 1.46. The number of amides is 1. The Morgan fingerprint density at radius 1 is 1.02 bits per heavy atom. The summed E-state index contributed by atoms with van der Waals surface area (Å²) in [4.78, 5) is 40.0. The topological polar surface area (TPSA) is 145 Å². The van der Waals surface area contributed by atoms with Crippen LogP contribution in [-0.4, -0.2) is 47.3 Å². The Labute approximate surface area is 249 Å². The number of sulfone groups is 1. The molecule has 0 fully saturated rings. The molecule has 1 amide bonds. The van der Waals surface area contributed by atoms with Crippen LogP contribution in [0, 0.1) is 0 Å². The zero-order valence-corrected chi connectivity index (χ0v) is 24.1. The standard InChI is InChI=1S/C32H31N3O7S/c36-28-8-4-7-25-26(28)13-14-29(42-30(19-35-18-17-33-21-35)22-5-2-1-3-6-22)27(25)20-43(40,41)24-11-9-23(10-12-24)32(39)34-16-15-31(37)38/h1-3,5-6,9-14,17-18,21,30H,4,7-8,15-16,19-20H2,(H,34,39)(H,37,38). The van der Waals surface area contributed by atoms with Crippen molar-refractivity contribution in [2.45, 2.75) is 49.0 Å². The van der Waals surface area contributed by atoms with Crippen molar-refractivity contribution in [1.29, 1.82) is 0 Å². The van der Waals surface area contributed by atoms with E-state index in [-0.39, 0.29) is 29.2 Å². The summed E-state index contributed by atoms with van der Waals surface area (Å²) in [5.74, 6) is -1.56. The molecule has 0 radical (unpaired) electrons. The number of benzene rings is 3. The number of ketones is 1. The summed E-state index contributed by atoms with van der Waals surface area (Å²) in [7, 11) is -3.92. The summed E-state index contributed by atoms with van der Waals surface area (Å²) in [6.07, 6.45) is 6.07. The Bertz CT molecular complexity index is 1720. The fraction of sp³-hybridized carbons (Fsp3) is 0.250. The molecule has 1 aliphatic carbocycles. The lowest BCUT2D eigenvalue weighted by molar-refractivity contribution is -0.136. The third-order valence-electron chi connectivity index (χ3n) is 7.33. The maximum Gasteiger partial charge on any atom is 0.305 e. The second kappa shape index (κ2) is 13.0. The van der Waals surface area contributed by atoms with Crippen LogP contribution in [0.1, 0.15) is 62.8 Å². The van der Waals surface area contributed by atoms with Crippen molar-refractivity contribution in [3.8, 4) is 5.75 Å². The first-order valence-corrected chi connectivity index (χ1v) is 15.5. The number of carboxylic acid groups (broad SMARTS) is 1. The molecular weight excluding hydrogens is 570 g/mol. The van der Waals surface area contributed by atoms with Crippen LogP contribution in [0.25, 0.3) is 0 Å². The monoisotopic (exact) mass is 601 g/mol. The number of carbonyl (C=O) groups is 3.